The number of pyridine rings is 1. The second-order valence-electron chi connectivity index (χ2n) is 7.87. The van der Waals surface area contributed by atoms with Crippen LogP contribution >= 0.6 is 11.3 Å². The number of rotatable bonds is 4. The highest BCUT2D eigenvalue weighted by Crippen LogP contribution is 2.37. The van der Waals surface area contributed by atoms with Crippen molar-refractivity contribution in [1.82, 2.24) is 19.4 Å². The number of nitrogens with zero attached hydrogens (tertiary/aromatic N) is 4. The molecule has 0 atom stereocenters. The maximum absolute atomic E-state index is 13.6. The van der Waals surface area contributed by atoms with Crippen molar-refractivity contribution >= 4 is 17.2 Å². The highest BCUT2D eigenvalue weighted by Gasteiger charge is 2.30. The fourth-order valence-electron chi connectivity index (χ4n) is 4.41. The molecule has 3 aromatic heterocycles. The summed E-state index contributed by atoms with van der Waals surface area (Å²) >= 11 is 1.81. The molecule has 0 spiro atoms. The predicted molar refractivity (Wildman–Crippen MR) is 116 cm³/mol. The monoisotopic (exact) mass is 406 g/mol. The Kier molecular flexibility index (Phi) is 5.21. The first-order valence-corrected chi connectivity index (χ1v) is 11.3. The zero-order valence-electron chi connectivity index (χ0n) is 16.6. The van der Waals surface area contributed by atoms with Crippen LogP contribution in [0.1, 0.15) is 39.3 Å². The Labute approximate surface area is 175 Å². The first-order valence-electron chi connectivity index (χ1n) is 10.5. The van der Waals surface area contributed by atoms with Gasteiger partial charge in [-0.1, -0.05) is 6.07 Å². The third-order valence-electron chi connectivity index (χ3n) is 5.98. The topological polar surface area (TPSA) is 41.4 Å². The van der Waals surface area contributed by atoms with Gasteiger partial charge < -0.3 is 9.47 Å². The minimum atomic E-state index is 0.214. The van der Waals surface area contributed by atoms with Gasteiger partial charge in [0.1, 0.15) is 5.00 Å². The minimum Gasteiger partial charge on any atom is -0.336 e. The Bertz CT molecular complexity index is 972. The third-order valence-corrected chi connectivity index (χ3v) is 7.28. The standard InChI is InChI=1S/C23H26N4OS/c28-22(26-15-13-25(14-16-26)17-18-7-3-4-10-24-18)21-19-8-1-2-9-20(19)29-23(21)27-11-5-6-12-27/h3-7,10-12H,1-2,8-9,13-17H2. The normalized spacial score (nSPS) is 17.3. The smallest absolute Gasteiger partial charge is 0.257 e. The van der Waals surface area contributed by atoms with Crippen LogP contribution < -0.4 is 0 Å². The Hall–Kier alpha value is -2.44. The average Bonchev–Trinajstić information content (AvgIpc) is 3.42. The average molecular weight is 407 g/mol. The van der Waals surface area contributed by atoms with Crippen molar-refractivity contribution in [3.8, 4) is 5.00 Å². The molecule has 0 N–H and O–H groups in total. The molecule has 29 heavy (non-hydrogen) atoms. The molecule has 4 heterocycles. The number of piperazine rings is 1. The van der Waals surface area contributed by atoms with Gasteiger partial charge in [-0.25, -0.2) is 0 Å². The first kappa shape index (κ1) is 18.6. The summed E-state index contributed by atoms with van der Waals surface area (Å²) in [5, 5.41) is 1.10. The quantitative estimate of drug-likeness (QED) is 0.662. The van der Waals surface area contributed by atoms with E-state index in [2.05, 4.69) is 37.8 Å². The summed E-state index contributed by atoms with van der Waals surface area (Å²) in [6.07, 6.45) is 10.5. The van der Waals surface area contributed by atoms with Gasteiger partial charge in [0.2, 0.25) is 0 Å². The van der Waals surface area contributed by atoms with E-state index in [4.69, 9.17) is 0 Å². The highest BCUT2D eigenvalue weighted by molar-refractivity contribution is 7.15. The maximum atomic E-state index is 13.6. The molecule has 150 valence electrons. The molecule has 1 aliphatic heterocycles. The predicted octanol–water partition coefficient (Wildman–Crippen LogP) is 3.77. The fraction of sp³-hybridized carbons (Fsp3) is 0.391. The van der Waals surface area contributed by atoms with E-state index in [1.165, 1.54) is 23.3 Å². The zero-order chi connectivity index (χ0) is 19.6. The number of carbonyl (C=O) groups excluding carboxylic acids is 1. The molecule has 6 heteroatoms. The molecule has 0 radical (unpaired) electrons. The van der Waals surface area contributed by atoms with Crippen LogP contribution in [0.3, 0.4) is 0 Å². The van der Waals surface area contributed by atoms with E-state index in [9.17, 15) is 4.79 Å². The number of thiophene rings is 1. The second-order valence-corrected chi connectivity index (χ2v) is 8.95. The van der Waals surface area contributed by atoms with Gasteiger partial charge in [-0.2, -0.15) is 0 Å². The number of carbonyl (C=O) groups is 1. The third kappa shape index (κ3) is 3.74. The van der Waals surface area contributed by atoms with Crippen LogP contribution in [-0.4, -0.2) is 51.4 Å². The van der Waals surface area contributed by atoms with E-state index in [0.29, 0.717) is 0 Å². The molecular weight excluding hydrogens is 380 g/mol. The van der Waals surface area contributed by atoms with Gasteiger partial charge >= 0.3 is 0 Å². The van der Waals surface area contributed by atoms with Crippen molar-refractivity contribution < 1.29 is 4.79 Å². The molecule has 0 unspecified atom stereocenters. The molecule has 5 nitrogen and oxygen atoms in total. The van der Waals surface area contributed by atoms with E-state index >= 15 is 0 Å². The SMILES string of the molecule is O=C(c1c(-n2cccc2)sc2c1CCCC2)N1CCN(Cc2ccccn2)CC1. The maximum Gasteiger partial charge on any atom is 0.257 e. The number of aromatic nitrogens is 2. The summed E-state index contributed by atoms with van der Waals surface area (Å²) in [6.45, 7) is 4.20. The summed E-state index contributed by atoms with van der Waals surface area (Å²) in [6, 6.07) is 10.1. The Morgan fingerprint density at radius 3 is 2.55 bits per heavy atom. The number of aryl methyl sites for hydroxylation is 1. The zero-order valence-corrected chi connectivity index (χ0v) is 17.4. The lowest BCUT2D eigenvalue weighted by Crippen LogP contribution is -2.48. The molecule has 1 amide bonds. The van der Waals surface area contributed by atoms with Crippen LogP contribution in [0.2, 0.25) is 0 Å². The Morgan fingerprint density at radius 1 is 1.00 bits per heavy atom. The summed E-state index contributed by atoms with van der Waals surface area (Å²) in [5.74, 6) is 0.214. The molecule has 0 bridgehead atoms. The minimum absolute atomic E-state index is 0.214. The van der Waals surface area contributed by atoms with Crippen molar-refractivity contribution in [3.05, 3.63) is 70.6 Å². The van der Waals surface area contributed by atoms with Gasteiger partial charge in [-0.3, -0.25) is 14.7 Å². The number of hydrogen-bond donors (Lipinski definition) is 0. The van der Waals surface area contributed by atoms with Crippen LogP contribution in [0, 0.1) is 0 Å². The number of amides is 1. The van der Waals surface area contributed by atoms with E-state index in [1.54, 1.807) is 0 Å². The molecule has 1 saturated heterocycles. The van der Waals surface area contributed by atoms with Gasteiger partial charge in [0, 0.05) is 56.2 Å². The van der Waals surface area contributed by atoms with E-state index in [-0.39, 0.29) is 5.91 Å². The molecule has 2 aliphatic rings. The molecular formula is C23H26N4OS. The molecule has 3 aromatic rings. The van der Waals surface area contributed by atoms with E-state index in [1.807, 2.05) is 41.8 Å². The fourth-order valence-corrected chi connectivity index (χ4v) is 5.76. The van der Waals surface area contributed by atoms with Crippen LogP contribution in [0.5, 0.6) is 0 Å². The molecule has 1 aliphatic carbocycles. The number of hydrogen-bond acceptors (Lipinski definition) is 4. The van der Waals surface area contributed by atoms with Gasteiger partial charge in [0.15, 0.2) is 0 Å². The van der Waals surface area contributed by atoms with Crippen molar-refractivity contribution in [2.45, 2.75) is 32.2 Å². The van der Waals surface area contributed by atoms with Crippen molar-refractivity contribution in [3.63, 3.8) is 0 Å². The lowest BCUT2D eigenvalue weighted by atomic mass is 9.95. The lowest BCUT2D eigenvalue weighted by Gasteiger charge is -2.35. The highest BCUT2D eigenvalue weighted by atomic mass is 32.1. The van der Waals surface area contributed by atoms with Gasteiger partial charge in [0.05, 0.1) is 11.3 Å². The molecule has 5 rings (SSSR count). The van der Waals surface area contributed by atoms with Gasteiger partial charge in [0.25, 0.3) is 5.91 Å². The van der Waals surface area contributed by atoms with Crippen LogP contribution in [0.4, 0.5) is 0 Å². The van der Waals surface area contributed by atoms with Crippen molar-refractivity contribution in [2.75, 3.05) is 26.2 Å². The van der Waals surface area contributed by atoms with Crippen molar-refractivity contribution in [1.29, 1.82) is 0 Å². The summed E-state index contributed by atoms with van der Waals surface area (Å²) in [7, 11) is 0. The summed E-state index contributed by atoms with van der Waals surface area (Å²) in [5.41, 5.74) is 3.36. The second kappa shape index (κ2) is 8.13. The number of fused-ring (bicyclic) bond motifs is 1. The first-order chi connectivity index (χ1) is 14.3. The van der Waals surface area contributed by atoms with E-state index < -0.39 is 0 Å². The van der Waals surface area contributed by atoms with Gasteiger partial charge in [-0.15, -0.1) is 11.3 Å². The van der Waals surface area contributed by atoms with Gasteiger partial charge in [-0.05, 0) is 55.5 Å². The largest absolute Gasteiger partial charge is 0.336 e. The van der Waals surface area contributed by atoms with Crippen LogP contribution in [-0.2, 0) is 19.4 Å². The van der Waals surface area contributed by atoms with Crippen LogP contribution in [0.25, 0.3) is 5.00 Å². The Morgan fingerprint density at radius 2 is 1.79 bits per heavy atom. The summed E-state index contributed by atoms with van der Waals surface area (Å²) in [4.78, 5) is 23.9. The van der Waals surface area contributed by atoms with Crippen molar-refractivity contribution in [2.24, 2.45) is 0 Å². The summed E-state index contributed by atoms with van der Waals surface area (Å²) < 4.78 is 2.12. The molecule has 0 saturated carbocycles. The molecule has 1 fully saturated rings. The van der Waals surface area contributed by atoms with E-state index in [0.717, 1.165) is 61.8 Å². The lowest BCUT2D eigenvalue weighted by molar-refractivity contribution is 0.0626. The Balaban J connectivity index is 1.34. The van der Waals surface area contributed by atoms with Crippen LogP contribution in [0.15, 0.2) is 48.9 Å². The molecule has 0 aromatic carbocycles.